The van der Waals surface area contributed by atoms with Gasteiger partial charge in [0.05, 0.1) is 0 Å². The van der Waals surface area contributed by atoms with Gasteiger partial charge in [0.25, 0.3) is 8.32 Å². The highest BCUT2D eigenvalue weighted by Gasteiger charge is 2.45. The van der Waals surface area contributed by atoms with Gasteiger partial charge in [0.15, 0.2) is 0 Å². The third-order valence-corrected chi connectivity index (χ3v) is 10.2. The zero-order chi connectivity index (χ0) is 19.4. The summed E-state index contributed by atoms with van der Waals surface area (Å²) in [6.07, 6.45) is 1.19. The van der Waals surface area contributed by atoms with E-state index in [-0.39, 0.29) is 6.10 Å². The lowest BCUT2D eigenvalue weighted by molar-refractivity contribution is 0.219. The maximum Gasteiger partial charge on any atom is 0.289 e. The third kappa shape index (κ3) is 3.65. The van der Waals surface area contributed by atoms with Crippen molar-refractivity contribution in [2.75, 3.05) is 0 Å². The van der Waals surface area contributed by atoms with Crippen LogP contribution in [-0.4, -0.2) is 14.4 Å². The van der Waals surface area contributed by atoms with Crippen LogP contribution < -0.4 is 15.6 Å². The number of rotatable bonds is 6. The molecule has 0 radical (unpaired) electrons. The van der Waals surface area contributed by atoms with E-state index in [9.17, 15) is 0 Å². The maximum atomic E-state index is 7.13. The fraction of sp³-hybridized carbons (Fsp3) is 0.280. The van der Waals surface area contributed by atoms with Crippen LogP contribution in [0.5, 0.6) is 0 Å². The highest BCUT2D eigenvalue weighted by molar-refractivity contribution is 7.07. The number of benzene rings is 3. The first-order chi connectivity index (χ1) is 13.0. The van der Waals surface area contributed by atoms with Crippen LogP contribution in [0.25, 0.3) is 0 Å². The van der Waals surface area contributed by atoms with Gasteiger partial charge >= 0.3 is 0 Å². The van der Waals surface area contributed by atoms with Crippen molar-refractivity contribution in [2.24, 2.45) is 0 Å². The van der Waals surface area contributed by atoms with Gasteiger partial charge in [-0.1, -0.05) is 79.7 Å². The second-order valence-electron chi connectivity index (χ2n) is 7.46. The van der Waals surface area contributed by atoms with Crippen molar-refractivity contribution >= 4 is 23.9 Å². The van der Waals surface area contributed by atoms with Gasteiger partial charge in [0.2, 0.25) is 0 Å². The molecule has 3 aromatic rings. The molecule has 0 heterocycles. The van der Waals surface area contributed by atoms with Gasteiger partial charge in [-0.25, -0.2) is 0 Å². The van der Waals surface area contributed by atoms with E-state index in [4.69, 9.17) is 4.43 Å². The molecule has 140 valence electrons. The molecule has 0 aliphatic heterocycles. The molecule has 0 aromatic heterocycles. The molecule has 1 atom stereocenters. The first-order valence-electron chi connectivity index (χ1n) is 9.86. The molecule has 3 rings (SSSR count). The number of hydrogen-bond donors (Lipinski definition) is 0. The van der Waals surface area contributed by atoms with E-state index in [2.05, 4.69) is 107 Å². The van der Waals surface area contributed by atoms with E-state index < -0.39 is 8.32 Å². The molecule has 0 aliphatic carbocycles. The molecule has 1 unspecified atom stereocenters. The highest BCUT2D eigenvalue weighted by Crippen LogP contribution is 2.18. The molecule has 27 heavy (non-hydrogen) atoms. The van der Waals surface area contributed by atoms with Crippen LogP contribution >= 0.6 is 0 Å². The fourth-order valence-corrected chi connectivity index (χ4v) is 8.84. The maximum absolute atomic E-state index is 7.13. The summed E-state index contributed by atoms with van der Waals surface area (Å²) in [5, 5.41) is 4.07. The Morgan fingerprint density at radius 1 is 0.667 bits per heavy atom. The fourth-order valence-electron chi connectivity index (χ4n) is 3.91. The molecular formula is C25H30OSi. The smallest absolute Gasteiger partial charge is 0.289 e. The normalized spacial score (nSPS) is 12.8. The van der Waals surface area contributed by atoms with Crippen LogP contribution in [0.1, 0.15) is 37.0 Å². The SMILES string of the molecule is CCC(C)O[Si](c1ccccc1C)(c1ccccc1C)c1ccccc1C. The molecule has 0 aliphatic rings. The lowest BCUT2D eigenvalue weighted by Gasteiger charge is -2.38. The van der Waals surface area contributed by atoms with E-state index in [1.165, 1.54) is 32.3 Å². The Balaban J connectivity index is 2.44. The Hall–Kier alpha value is -2.16. The van der Waals surface area contributed by atoms with Crippen molar-refractivity contribution < 1.29 is 4.43 Å². The van der Waals surface area contributed by atoms with Crippen molar-refractivity contribution in [2.45, 2.75) is 47.1 Å². The van der Waals surface area contributed by atoms with Crippen LogP contribution in [0.2, 0.25) is 0 Å². The Kier molecular flexibility index (Phi) is 5.98. The Morgan fingerprint density at radius 2 is 1.00 bits per heavy atom. The molecular weight excluding hydrogens is 344 g/mol. The average molecular weight is 375 g/mol. The molecule has 0 bridgehead atoms. The lowest BCUT2D eigenvalue weighted by Crippen LogP contribution is -2.72. The standard InChI is InChI=1S/C25H30OSi/c1-6-22(5)26-27(23-16-10-7-13-19(23)2,24-17-11-8-14-20(24)3)25-18-12-9-15-21(25)4/h7-18,22H,6H2,1-5H3. The zero-order valence-corrected chi connectivity index (χ0v) is 18.1. The quantitative estimate of drug-likeness (QED) is 0.459. The first kappa shape index (κ1) is 19.6. The van der Waals surface area contributed by atoms with E-state index >= 15 is 0 Å². The van der Waals surface area contributed by atoms with Crippen molar-refractivity contribution in [3.05, 3.63) is 89.5 Å². The van der Waals surface area contributed by atoms with Crippen molar-refractivity contribution in [3.63, 3.8) is 0 Å². The Morgan fingerprint density at radius 3 is 1.30 bits per heavy atom. The largest absolute Gasteiger partial charge is 0.401 e. The summed E-state index contributed by atoms with van der Waals surface area (Å²) in [5.74, 6) is 0. The number of aryl methyl sites for hydroxylation is 3. The second-order valence-corrected chi connectivity index (χ2v) is 10.7. The summed E-state index contributed by atoms with van der Waals surface area (Å²) < 4.78 is 7.13. The minimum atomic E-state index is -2.64. The van der Waals surface area contributed by atoms with Gasteiger partial charge in [0, 0.05) is 6.10 Å². The van der Waals surface area contributed by atoms with Crippen LogP contribution in [0.15, 0.2) is 72.8 Å². The summed E-state index contributed by atoms with van der Waals surface area (Å²) in [6.45, 7) is 11.1. The van der Waals surface area contributed by atoms with E-state index in [1.54, 1.807) is 0 Å². The molecule has 3 aromatic carbocycles. The zero-order valence-electron chi connectivity index (χ0n) is 17.1. The van der Waals surface area contributed by atoms with E-state index in [1.807, 2.05) is 0 Å². The molecule has 0 fully saturated rings. The van der Waals surface area contributed by atoms with E-state index in [0.29, 0.717) is 0 Å². The monoisotopic (exact) mass is 374 g/mol. The average Bonchev–Trinajstić information content (AvgIpc) is 2.67. The van der Waals surface area contributed by atoms with Gasteiger partial charge in [-0.05, 0) is 66.4 Å². The summed E-state index contributed by atoms with van der Waals surface area (Å²) in [4.78, 5) is 0. The van der Waals surface area contributed by atoms with Gasteiger partial charge in [-0.2, -0.15) is 0 Å². The molecule has 0 saturated carbocycles. The second kappa shape index (κ2) is 8.24. The van der Waals surface area contributed by atoms with Gasteiger partial charge in [-0.15, -0.1) is 0 Å². The first-order valence-corrected chi connectivity index (χ1v) is 11.8. The van der Waals surface area contributed by atoms with Crippen LogP contribution in [0.3, 0.4) is 0 Å². The highest BCUT2D eigenvalue weighted by atomic mass is 28.4. The molecule has 0 saturated heterocycles. The molecule has 0 N–H and O–H groups in total. The van der Waals surface area contributed by atoms with Crippen LogP contribution in [0.4, 0.5) is 0 Å². The molecule has 0 amide bonds. The van der Waals surface area contributed by atoms with Gasteiger partial charge in [-0.3, -0.25) is 0 Å². The molecule has 2 heteroatoms. The summed E-state index contributed by atoms with van der Waals surface area (Å²) >= 11 is 0. The predicted octanol–water partition coefficient (Wildman–Crippen LogP) is 4.39. The third-order valence-electron chi connectivity index (χ3n) is 5.53. The van der Waals surface area contributed by atoms with Gasteiger partial charge in [0.1, 0.15) is 0 Å². The summed E-state index contributed by atoms with van der Waals surface area (Å²) in [6, 6.07) is 26.3. The van der Waals surface area contributed by atoms with E-state index in [0.717, 1.165) is 6.42 Å². The summed E-state index contributed by atoms with van der Waals surface area (Å²) in [5.41, 5.74) is 3.91. The van der Waals surface area contributed by atoms with Gasteiger partial charge < -0.3 is 4.43 Å². The minimum absolute atomic E-state index is 0.190. The lowest BCUT2D eigenvalue weighted by atomic mass is 10.2. The van der Waals surface area contributed by atoms with Crippen molar-refractivity contribution in [1.82, 2.24) is 0 Å². The van der Waals surface area contributed by atoms with Crippen LogP contribution in [0, 0.1) is 20.8 Å². The van der Waals surface area contributed by atoms with Crippen molar-refractivity contribution in [1.29, 1.82) is 0 Å². The topological polar surface area (TPSA) is 9.23 Å². The molecule has 1 nitrogen and oxygen atoms in total. The van der Waals surface area contributed by atoms with Crippen molar-refractivity contribution in [3.8, 4) is 0 Å². The summed E-state index contributed by atoms with van der Waals surface area (Å²) in [7, 11) is -2.64. The predicted molar refractivity (Wildman–Crippen MR) is 119 cm³/mol. The molecule has 0 spiro atoms. The Bertz CT molecular complexity index is 805. The minimum Gasteiger partial charge on any atom is -0.401 e. The Labute approximate surface area is 165 Å². The number of hydrogen-bond acceptors (Lipinski definition) is 1. The van der Waals surface area contributed by atoms with Crippen LogP contribution in [-0.2, 0) is 4.43 Å².